The van der Waals surface area contributed by atoms with Crippen LogP contribution in [-0.2, 0) is 0 Å². The number of anilines is 2. The zero-order valence-corrected chi connectivity index (χ0v) is 12.6. The number of nitrogens with two attached hydrogens (primary N) is 1. The molecule has 0 aliphatic rings. The topological polar surface area (TPSA) is 38.0 Å². The smallest absolute Gasteiger partial charge is 0.139 e. The molecule has 0 bridgehead atoms. The predicted molar refractivity (Wildman–Crippen MR) is 84.4 cm³/mol. The summed E-state index contributed by atoms with van der Waals surface area (Å²) in [6, 6.07) is 10.5. The van der Waals surface area contributed by atoms with Crippen molar-refractivity contribution in [2.24, 2.45) is 5.73 Å². The largest absolute Gasteiger partial charge is 0.389 e. The molecule has 0 atom stereocenters. The van der Waals surface area contributed by atoms with Gasteiger partial charge in [0.05, 0.1) is 4.47 Å². The molecule has 0 heterocycles. The third-order valence-electron chi connectivity index (χ3n) is 2.70. The molecule has 3 N–H and O–H groups in total. The van der Waals surface area contributed by atoms with E-state index in [1.165, 1.54) is 6.07 Å². The van der Waals surface area contributed by atoms with Gasteiger partial charge in [-0.25, -0.2) is 4.39 Å². The summed E-state index contributed by atoms with van der Waals surface area (Å²) in [5, 5.41) is 3.13. The summed E-state index contributed by atoms with van der Waals surface area (Å²) in [7, 11) is 0. The number of rotatable bonds is 3. The molecule has 0 radical (unpaired) electrons. The maximum Gasteiger partial charge on any atom is 0.139 e. The molecule has 0 amide bonds. The van der Waals surface area contributed by atoms with E-state index < -0.39 is 0 Å². The summed E-state index contributed by atoms with van der Waals surface area (Å²) in [4.78, 5) is 0.374. The Kier molecular flexibility index (Phi) is 4.17. The second kappa shape index (κ2) is 5.67. The van der Waals surface area contributed by atoms with Crippen LogP contribution in [-0.4, -0.2) is 4.99 Å². The third kappa shape index (κ3) is 3.30. The second-order valence-electron chi connectivity index (χ2n) is 4.15. The maximum atomic E-state index is 13.4. The summed E-state index contributed by atoms with van der Waals surface area (Å²) < 4.78 is 13.9. The number of benzene rings is 2. The lowest BCUT2D eigenvalue weighted by Crippen LogP contribution is -2.11. The van der Waals surface area contributed by atoms with Crippen molar-refractivity contribution in [3.63, 3.8) is 0 Å². The highest BCUT2D eigenvalue weighted by atomic mass is 79.9. The summed E-state index contributed by atoms with van der Waals surface area (Å²) in [5.74, 6) is -0.304. The SMILES string of the molecule is Cc1cc(Nc2ccc(Br)c(F)c2)ccc1C(N)=S. The van der Waals surface area contributed by atoms with E-state index in [1.807, 2.05) is 25.1 Å². The minimum absolute atomic E-state index is 0.304. The van der Waals surface area contributed by atoms with E-state index in [0.29, 0.717) is 15.1 Å². The van der Waals surface area contributed by atoms with E-state index in [1.54, 1.807) is 12.1 Å². The molecule has 2 aromatic rings. The highest BCUT2D eigenvalue weighted by molar-refractivity contribution is 9.10. The predicted octanol–water partition coefficient (Wildman–Crippen LogP) is 4.27. The molecule has 98 valence electrons. The third-order valence-corrected chi connectivity index (χ3v) is 3.56. The lowest BCUT2D eigenvalue weighted by Gasteiger charge is -2.10. The van der Waals surface area contributed by atoms with E-state index in [4.69, 9.17) is 18.0 Å². The number of nitrogens with one attached hydrogen (secondary N) is 1. The van der Waals surface area contributed by atoms with E-state index in [0.717, 1.165) is 16.8 Å². The van der Waals surface area contributed by atoms with Crippen LogP contribution in [0.15, 0.2) is 40.9 Å². The van der Waals surface area contributed by atoms with Gasteiger partial charge in [-0.2, -0.15) is 0 Å². The van der Waals surface area contributed by atoms with Gasteiger partial charge in [-0.05, 0) is 64.8 Å². The maximum absolute atomic E-state index is 13.4. The van der Waals surface area contributed by atoms with Gasteiger partial charge >= 0.3 is 0 Å². The molecular weight excluding hydrogens is 327 g/mol. The number of aryl methyl sites for hydroxylation is 1. The van der Waals surface area contributed by atoms with E-state index in [-0.39, 0.29) is 5.82 Å². The molecular formula is C14H12BrFN2S. The van der Waals surface area contributed by atoms with Gasteiger partial charge in [0.2, 0.25) is 0 Å². The van der Waals surface area contributed by atoms with Crippen molar-refractivity contribution in [2.75, 3.05) is 5.32 Å². The molecule has 0 saturated heterocycles. The first-order valence-corrected chi connectivity index (χ1v) is 6.80. The fourth-order valence-electron chi connectivity index (χ4n) is 1.76. The highest BCUT2D eigenvalue weighted by Gasteiger charge is 2.04. The molecule has 0 aliphatic carbocycles. The van der Waals surface area contributed by atoms with Crippen LogP contribution in [0, 0.1) is 12.7 Å². The first kappa shape index (κ1) is 14.0. The van der Waals surface area contributed by atoms with Gasteiger partial charge < -0.3 is 11.1 Å². The monoisotopic (exact) mass is 338 g/mol. The summed E-state index contributed by atoms with van der Waals surface area (Å²) in [6.07, 6.45) is 0. The number of hydrogen-bond donors (Lipinski definition) is 2. The van der Waals surface area contributed by atoms with Crippen molar-refractivity contribution in [2.45, 2.75) is 6.92 Å². The van der Waals surface area contributed by atoms with Crippen LogP contribution in [0.4, 0.5) is 15.8 Å². The molecule has 0 spiro atoms. The first-order chi connectivity index (χ1) is 8.97. The quantitative estimate of drug-likeness (QED) is 0.820. The van der Waals surface area contributed by atoms with Crippen molar-refractivity contribution in [3.05, 3.63) is 57.8 Å². The van der Waals surface area contributed by atoms with Crippen molar-refractivity contribution in [3.8, 4) is 0 Å². The van der Waals surface area contributed by atoms with Crippen LogP contribution < -0.4 is 11.1 Å². The molecule has 0 fully saturated rings. The first-order valence-electron chi connectivity index (χ1n) is 5.60. The van der Waals surface area contributed by atoms with Gasteiger partial charge in [-0.3, -0.25) is 0 Å². The zero-order valence-electron chi connectivity index (χ0n) is 10.2. The van der Waals surface area contributed by atoms with Crippen LogP contribution in [0.2, 0.25) is 0 Å². The van der Waals surface area contributed by atoms with Gasteiger partial charge in [-0.15, -0.1) is 0 Å². The van der Waals surface area contributed by atoms with Crippen LogP contribution in [0.3, 0.4) is 0 Å². The van der Waals surface area contributed by atoms with Gasteiger partial charge in [-0.1, -0.05) is 12.2 Å². The van der Waals surface area contributed by atoms with Crippen molar-refractivity contribution >= 4 is 44.5 Å². The zero-order chi connectivity index (χ0) is 14.0. The Morgan fingerprint density at radius 3 is 2.42 bits per heavy atom. The highest BCUT2D eigenvalue weighted by Crippen LogP contribution is 2.23. The fraction of sp³-hybridized carbons (Fsp3) is 0.0714. The normalized spacial score (nSPS) is 10.3. The standard InChI is InChI=1S/C14H12BrFN2S/c1-8-6-9(2-4-11(8)14(17)19)18-10-3-5-12(15)13(16)7-10/h2-7,18H,1H3,(H2,17,19). The molecule has 0 unspecified atom stereocenters. The van der Waals surface area contributed by atoms with Crippen molar-refractivity contribution in [1.82, 2.24) is 0 Å². The summed E-state index contributed by atoms with van der Waals surface area (Å²) in [6.45, 7) is 1.93. The Bertz CT molecular complexity index is 643. The van der Waals surface area contributed by atoms with E-state index in [9.17, 15) is 4.39 Å². The number of halogens is 2. The number of thiocarbonyl (C=S) groups is 1. The summed E-state index contributed by atoms with van der Waals surface area (Å²) >= 11 is 8.08. The average Bonchev–Trinajstić information content (AvgIpc) is 2.33. The average molecular weight is 339 g/mol. The Morgan fingerprint density at radius 1 is 1.21 bits per heavy atom. The molecule has 2 aromatic carbocycles. The van der Waals surface area contributed by atoms with Crippen LogP contribution in [0.25, 0.3) is 0 Å². The molecule has 0 aromatic heterocycles. The lowest BCUT2D eigenvalue weighted by atomic mass is 10.1. The van der Waals surface area contributed by atoms with Crippen LogP contribution >= 0.6 is 28.1 Å². The van der Waals surface area contributed by atoms with Gasteiger partial charge in [0.1, 0.15) is 10.8 Å². The van der Waals surface area contributed by atoms with Crippen LogP contribution in [0.1, 0.15) is 11.1 Å². The van der Waals surface area contributed by atoms with Gasteiger partial charge in [0, 0.05) is 16.9 Å². The lowest BCUT2D eigenvalue weighted by molar-refractivity contribution is 0.622. The number of hydrogen-bond acceptors (Lipinski definition) is 2. The molecule has 0 saturated carbocycles. The minimum Gasteiger partial charge on any atom is -0.389 e. The Labute approximate surface area is 124 Å². The molecule has 2 rings (SSSR count). The van der Waals surface area contributed by atoms with Crippen molar-refractivity contribution < 1.29 is 4.39 Å². The Hall–Kier alpha value is -1.46. The van der Waals surface area contributed by atoms with Crippen molar-refractivity contribution in [1.29, 1.82) is 0 Å². The van der Waals surface area contributed by atoms with E-state index in [2.05, 4.69) is 21.2 Å². The minimum atomic E-state index is -0.304. The Balaban J connectivity index is 2.26. The van der Waals surface area contributed by atoms with E-state index >= 15 is 0 Å². The van der Waals surface area contributed by atoms with Gasteiger partial charge in [0.25, 0.3) is 0 Å². The second-order valence-corrected chi connectivity index (χ2v) is 5.44. The van der Waals surface area contributed by atoms with Crippen LogP contribution in [0.5, 0.6) is 0 Å². The molecule has 0 aliphatic heterocycles. The molecule has 2 nitrogen and oxygen atoms in total. The Morgan fingerprint density at radius 2 is 1.84 bits per heavy atom. The summed E-state index contributed by atoms with van der Waals surface area (Å²) in [5.41, 5.74) is 8.98. The van der Waals surface area contributed by atoms with Gasteiger partial charge in [0.15, 0.2) is 0 Å². The fourth-order valence-corrected chi connectivity index (χ4v) is 2.23. The molecule has 19 heavy (non-hydrogen) atoms. The molecule has 5 heteroatoms.